The number of carbonyl (C=O) groups is 1. The number of imidazole rings is 1. The van der Waals surface area contributed by atoms with Gasteiger partial charge >= 0.3 is 17.7 Å². The first-order valence-electron chi connectivity index (χ1n) is 10.7. The number of hydrogen-bond acceptors (Lipinski definition) is 7. The molecule has 1 saturated heterocycles. The highest BCUT2D eigenvalue weighted by Crippen LogP contribution is 2.16. The van der Waals surface area contributed by atoms with Gasteiger partial charge in [0.25, 0.3) is 0 Å². The maximum atomic E-state index is 12.4. The number of aromatic amines is 1. The van der Waals surface area contributed by atoms with Gasteiger partial charge in [-0.05, 0) is 26.3 Å². The van der Waals surface area contributed by atoms with Crippen molar-refractivity contribution in [3.05, 3.63) is 16.2 Å². The number of rotatable bonds is 11. The van der Waals surface area contributed by atoms with Crippen LogP contribution in [0.25, 0.3) is 11.2 Å². The maximum absolute atomic E-state index is 12.4. The monoisotopic (exact) mass is 420 g/mol. The molecule has 0 radical (unpaired) electrons. The summed E-state index contributed by atoms with van der Waals surface area (Å²) in [5.41, 5.74) is 1.79. The first-order valence-corrected chi connectivity index (χ1v) is 10.7. The Labute approximate surface area is 175 Å². The van der Waals surface area contributed by atoms with Gasteiger partial charge < -0.3 is 24.6 Å². The van der Waals surface area contributed by atoms with E-state index in [1.807, 2.05) is 6.92 Å². The molecule has 10 nitrogen and oxygen atoms in total. The zero-order chi connectivity index (χ0) is 21.5. The minimum Gasteiger partial charge on any atom is -0.481 e. The molecule has 166 valence electrons. The van der Waals surface area contributed by atoms with Crippen molar-refractivity contribution in [1.82, 2.24) is 29.3 Å². The van der Waals surface area contributed by atoms with Crippen LogP contribution in [-0.2, 0) is 11.3 Å². The molecule has 0 unspecified atom stereocenters. The quantitative estimate of drug-likeness (QED) is 0.519. The number of aromatic nitrogens is 4. The Morgan fingerprint density at radius 3 is 2.47 bits per heavy atom. The van der Waals surface area contributed by atoms with Crippen LogP contribution in [-0.4, -0.2) is 86.3 Å². The third-order valence-electron chi connectivity index (χ3n) is 5.47. The van der Waals surface area contributed by atoms with Crippen LogP contribution in [0, 0.1) is 6.92 Å². The molecule has 0 atom stereocenters. The Hall–Kier alpha value is -2.46. The van der Waals surface area contributed by atoms with Crippen molar-refractivity contribution < 1.29 is 14.6 Å². The number of ether oxygens (including phenoxy) is 1. The van der Waals surface area contributed by atoms with Crippen LogP contribution in [0.2, 0.25) is 0 Å². The summed E-state index contributed by atoms with van der Waals surface area (Å²) in [4.78, 5) is 39.4. The molecule has 1 fully saturated rings. The normalized spacial score (nSPS) is 15.7. The molecule has 1 aliphatic rings. The molecule has 0 saturated carbocycles. The number of carboxylic acids is 1. The first kappa shape index (κ1) is 22.2. The van der Waals surface area contributed by atoms with Gasteiger partial charge in [0.1, 0.15) is 5.52 Å². The second-order valence-corrected chi connectivity index (χ2v) is 7.75. The van der Waals surface area contributed by atoms with Gasteiger partial charge in [0.15, 0.2) is 5.65 Å². The zero-order valence-electron chi connectivity index (χ0n) is 17.9. The number of aryl methyl sites for hydroxylation is 2. The molecular formula is C20H32N6O4. The van der Waals surface area contributed by atoms with E-state index in [2.05, 4.69) is 31.7 Å². The lowest BCUT2D eigenvalue weighted by atomic mass is 10.2. The number of nitrogens with zero attached hydrogens (tertiary/aromatic N) is 5. The third-order valence-corrected chi connectivity index (χ3v) is 5.47. The molecule has 30 heavy (non-hydrogen) atoms. The molecule has 1 aliphatic heterocycles. The van der Waals surface area contributed by atoms with Crippen LogP contribution in [0.1, 0.15) is 38.3 Å². The topological polar surface area (TPSA) is 117 Å². The summed E-state index contributed by atoms with van der Waals surface area (Å²) in [6, 6.07) is 0.318. The van der Waals surface area contributed by atoms with Gasteiger partial charge in [-0.25, -0.2) is 4.79 Å². The van der Waals surface area contributed by atoms with Gasteiger partial charge in [0.05, 0.1) is 18.7 Å². The van der Waals surface area contributed by atoms with Gasteiger partial charge in [-0.15, -0.1) is 0 Å². The minimum atomic E-state index is -0.750. The number of hydrogen-bond donors (Lipinski definition) is 2. The Balaban J connectivity index is 1.55. The second-order valence-electron chi connectivity index (χ2n) is 7.75. The number of aliphatic carboxylic acids is 1. The SMILES string of the molecule is CCCCOc1nc(C)c2[nH]c(=O)n(CCCN3CCN(CCC(=O)O)CC3)c2n1. The van der Waals surface area contributed by atoms with Crippen LogP contribution in [0.15, 0.2) is 4.79 Å². The Morgan fingerprint density at radius 2 is 1.80 bits per heavy atom. The number of fused-ring (bicyclic) bond motifs is 1. The summed E-state index contributed by atoms with van der Waals surface area (Å²) in [6.07, 6.45) is 2.99. The lowest BCUT2D eigenvalue weighted by Gasteiger charge is -2.34. The summed E-state index contributed by atoms with van der Waals surface area (Å²) in [7, 11) is 0. The van der Waals surface area contributed by atoms with Crippen LogP contribution < -0.4 is 10.4 Å². The number of piperazine rings is 1. The fraction of sp³-hybridized carbons (Fsp3) is 0.700. The molecule has 2 aromatic rings. The molecule has 2 aromatic heterocycles. The number of carboxylic acid groups (broad SMARTS) is 1. The molecule has 0 aliphatic carbocycles. The van der Waals surface area contributed by atoms with E-state index < -0.39 is 5.97 Å². The molecule has 2 N–H and O–H groups in total. The van der Waals surface area contributed by atoms with E-state index in [9.17, 15) is 9.59 Å². The standard InChI is InChI=1S/C20H32N6O4/c1-3-4-14-30-19-21-15(2)17-18(23-19)26(20(29)22-17)8-5-7-24-10-12-25(13-11-24)9-6-16(27)28/h3-14H2,1-2H3,(H,22,29)(H,27,28). The summed E-state index contributed by atoms with van der Waals surface area (Å²) in [5.74, 6) is -0.750. The van der Waals surface area contributed by atoms with E-state index in [0.717, 1.165) is 52.0 Å². The van der Waals surface area contributed by atoms with Crippen LogP contribution in [0.5, 0.6) is 6.01 Å². The highest BCUT2D eigenvalue weighted by atomic mass is 16.5. The van der Waals surface area contributed by atoms with Gasteiger partial charge in [0.2, 0.25) is 0 Å². The second kappa shape index (κ2) is 10.5. The zero-order valence-corrected chi connectivity index (χ0v) is 17.9. The molecule has 3 heterocycles. The summed E-state index contributed by atoms with van der Waals surface area (Å²) in [6.45, 7) is 10.2. The lowest BCUT2D eigenvalue weighted by molar-refractivity contribution is -0.137. The van der Waals surface area contributed by atoms with Crippen molar-refractivity contribution in [2.24, 2.45) is 0 Å². The molecule has 0 spiro atoms. The summed E-state index contributed by atoms with van der Waals surface area (Å²) in [5, 5.41) is 8.80. The van der Waals surface area contributed by atoms with Crippen molar-refractivity contribution >= 4 is 17.1 Å². The molecule has 0 aromatic carbocycles. The van der Waals surface area contributed by atoms with E-state index >= 15 is 0 Å². The number of H-pyrrole nitrogens is 1. The predicted octanol–water partition coefficient (Wildman–Crippen LogP) is 1.09. The molecule has 0 amide bonds. The van der Waals surface area contributed by atoms with Gasteiger partial charge in [-0.2, -0.15) is 9.97 Å². The van der Waals surface area contributed by atoms with E-state index in [1.54, 1.807) is 4.57 Å². The minimum absolute atomic E-state index is 0.174. The highest BCUT2D eigenvalue weighted by Gasteiger charge is 2.18. The largest absolute Gasteiger partial charge is 0.481 e. The average molecular weight is 421 g/mol. The fourth-order valence-corrected chi connectivity index (χ4v) is 3.67. The molecule has 10 heteroatoms. The Bertz CT molecular complexity index is 901. The average Bonchev–Trinajstić information content (AvgIpc) is 3.04. The Morgan fingerprint density at radius 1 is 1.10 bits per heavy atom. The molecule has 3 rings (SSSR count). The van der Waals surface area contributed by atoms with Crippen molar-refractivity contribution in [1.29, 1.82) is 0 Å². The summed E-state index contributed by atoms with van der Waals surface area (Å²) < 4.78 is 7.31. The Kier molecular flexibility index (Phi) is 7.81. The van der Waals surface area contributed by atoms with E-state index in [4.69, 9.17) is 9.84 Å². The van der Waals surface area contributed by atoms with Crippen LogP contribution >= 0.6 is 0 Å². The first-order chi connectivity index (χ1) is 14.5. The van der Waals surface area contributed by atoms with Gasteiger partial charge in [0, 0.05) is 39.3 Å². The van der Waals surface area contributed by atoms with Crippen molar-refractivity contribution in [2.45, 2.75) is 46.1 Å². The third kappa shape index (κ3) is 5.79. The van der Waals surface area contributed by atoms with Crippen LogP contribution in [0.3, 0.4) is 0 Å². The van der Waals surface area contributed by atoms with Crippen molar-refractivity contribution in [2.75, 3.05) is 45.9 Å². The maximum Gasteiger partial charge on any atom is 0.327 e. The van der Waals surface area contributed by atoms with E-state index in [1.165, 1.54) is 0 Å². The van der Waals surface area contributed by atoms with E-state index in [0.29, 0.717) is 42.6 Å². The molecule has 0 bridgehead atoms. The number of nitrogens with one attached hydrogen (secondary N) is 1. The van der Waals surface area contributed by atoms with Gasteiger partial charge in [-0.1, -0.05) is 13.3 Å². The van der Waals surface area contributed by atoms with E-state index in [-0.39, 0.29) is 12.1 Å². The van der Waals surface area contributed by atoms with Crippen molar-refractivity contribution in [3.63, 3.8) is 0 Å². The lowest BCUT2D eigenvalue weighted by Crippen LogP contribution is -2.47. The predicted molar refractivity (Wildman–Crippen MR) is 113 cm³/mol. The summed E-state index contributed by atoms with van der Waals surface area (Å²) >= 11 is 0. The smallest absolute Gasteiger partial charge is 0.327 e. The number of unbranched alkanes of at least 4 members (excludes halogenated alkanes) is 1. The fourth-order valence-electron chi connectivity index (χ4n) is 3.67. The van der Waals surface area contributed by atoms with Crippen molar-refractivity contribution in [3.8, 4) is 6.01 Å². The van der Waals surface area contributed by atoms with Crippen LogP contribution in [0.4, 0.5) is 0 Å². The highest BCUT2D eigenvalue weighted by molar-refractivity contribution is 5.73. The molecular weight excluding hydrogens is 388 g/mol. The van der Waals surface area contributed by atoms with Gasteiger partial charge in [-0.3, -0.25) is 9.36 Å².